The van der Waals surface area contributed by atoms with E-state index in [0.717, 1.165) is 0 Å². The molecule has 0 bridgehead atoms. The van der Waals surface area contributed by atoms with E-state index in [1.807, 2.05) is 0 Å². The second-order valence-electron chi connectivity index (χ2n) is 22.5. The molecular formula is C68H52BN3. The van der Waals surface area contributed by atoms with Crippen LogP contribution in [0.3, 0.4) is 0 Å². The predicted octanol–water partition coefficient (Wildman–Crippen LogP) is 16.5. The first-order valence-corrected chi connectivity index (χ1v) is 25.6. The first-order chi connectivity index (χ1) is 35.0. The van der Waals surface area contributed by atoms with Crippen molar-refractivity contribution in [2.75, 3.05) is 0 Å². The summed E-state index contributed by atoms with van der Waals surface area (Å²) in [7, 11) is 0. The van der Waals surface area contributed by atoms with Crippen molar-refractivity contribution in [2.45, 2.75) is 52.4 Å². The highest BCUT2D eigenvalue weighted by Crippen LogP contribution is 2.49. The first kappa shape index (κ1) is 41.4. The molecule has 342 valence electrons. The highest BCUT2D eigenvalue weighted by molar-refractivity contribution is 6.90. The van der Waals surface area contributed by atoms with E-state index in [1.165, 1.54) is 143 Å². The lowest BCUT2D eigenvalue weighted by molar-refractivity contribution is 0.568. The molecule has 0 aliphatic carbocycles. The van der Waals surface area contributed by atoms with Gasteiger partial charge in [0.05, 0.1) is 22.1 Å². The Hall–Kier alpha value is -8.34. The van der Waals surface area contributed by atoms with Crippen molar-refractivity contribution in [3.05, 3.63) is 217 Å². The summed E-state index contributed by atoms with van der Waals surface area (Å²) in [5.41, 5.74) is 25.2. The minimum atomic E-state index is -0.111. The largest absolute Gasteiger partial charge is 0.375 e. The second-order valence-corrected chi connectivity index (χ2v) is 22.5. The normalized spacial score (nSPS) is 13.1. The van der Waals surface area contributed by atoms with Gasteiger partial charge in [0.25, 0.3) is 0 Å². The van der Waals surface area contributed by atoms with Gasteiger partial charge in [0, 0.05) is 60.3 Å². The van der Waals surface area contributed by atoms with E-state index in [1.54, 1.807) is 0 Å². The van der Waals surface area contributed by atoms with Gasteiger partial charge >= 0.3 is 6.85 Å². The van der Waals surface area contributed by atoms with Crippen LogP contribution >= 0.6 is 0 Å². The molecule has 4 heteroatoms. The average molecular weight is 922 g/mol. The van der Waals surface area contributed by atoms with E-state index in [2.05, 4.69) is 261 Å². The zero-order valence-electron chi connectivity index (χ0n) is 41.5. The monoisotopic (exact) mass is 921 g/mol. The molecule has 0 radical (unpaired) electrons. The minimum Gasteiger partial charge on any atom is -0.375 e. The van der Waals surface area contributed by atoms with Crippen LogP contribution in [0.2, 0.25) is 0 Å². The summed E-state index contributed by atoms with van der Waals surface area (Å²) in [5.74, 6) is 0. The van der Waals surface area contributed by atoms with E-state index in [9.17, 15) is 0 Å². The lowest BCUT2D eigenvalue weighted by Gasteiger charge is -2.35. The zero-order valence-corrected chi connectivity index (χ0v) is 41.5. The first-order valence-electron chi connectivity index (χ1n) is 25.6. The van der Waals surface area contributed by atoms with Crippen LogP contribution in [0.15, 0.2) is 206 Å². The van der Waals surface area contributed by atoms with E-state index in [0.29, 0.717) is 0 Å². The summed E-state index contributed by atoms with van der Waals surface area (Å²) in [4.78, 5) is 0. The fraction of sp³-hybridized carbons (Fsp3) is 0.118. The fourth-order valence-electron chi connectivity index (χ4n) is 12.8. The van der Waals surface area contributed by atoms with Crippen LogP contribution in [0.5, 0.6) is 0 Å². The van der Waals surface area contributed by atoms with Gasteiger partial charge < -0.3 is 13.6 Å². The fourth-order valence-corrected chi connectivity index (χ4v) is 12.8. The molecule has 0 atom stereocenters. The van der Waals surface area contributed by atoms with Crippen LogP contribution in [0.25, 0.3) is 121 Å². The highest BCUT2D eigenvalue weighted by atomic mass is 15.0. The molecule has 0 unspecified atom stereocenters. The van der Waals surface area contributed by atoms with E-state index in [-0.39, 0.29) is 17.7 Å². The molecule has 15 rings (SSSR count). The smallest absolute Gasteiger partial charge is 0.333 e. The highest BCUT2D eigenvalue weighted by Gasteiger charge is 2.43. The molecule has 0 amide bonds. The van der Waals surface area contributed by atoms with Crippen LogP contribution < -0.4 is 10.9 Å². The Bertz CT molecular complexity index is 4410. The van der Waals surface area contributed by atoms with Crippen molar-refractivity contribution >= 4 is 83.2 Å². The van der Waals surface area contributed by atoms with Crippen molar-refractivity contribution in [1.29, 1.82) is 0 Å². The Kier molecular flexibility index (Phi) is 8.42. The molecule has 72 heavy (non-hydrogen) atoms. The van der Waals surface area contributed by atoms with Gasteiger partial charge in [-0.15, -0.1) is 0 Å². The number of nitrogens with zero attached hydrogens (tertiary/aromatic N) is 3. The summed E-state index contributed by atoms with van der Waals surface area (Å²) < 4.78 is 8.00. The summed E-state index contributed by atoms with van der Waals surface area (Å²) in [6, 6.07) is 78.4. The van der Waals surface area contributed by atoms with Gasteiger partial charge in [-0.2, -0.15) is 0 Å². The lowest BCUT2D eigenvalue weighted by Crippen LogP contribution is -2.55. The summed E-state index contributed by atoms with van der Waals surface area (Å²) in [5, 5.41) is 7.67. The van der Waals surface area contributed by atoms with Gasteiger partial charge in [-0.1, -0.05) is 187 Å². The van der Waals surface area contributed by atoms with E-state index in [4.69, 9.17) is 0 Å². The number of benzene rings is 10. The number of para-hydroxylation sites is 2. The molecule has 5 heterocycles. The van der Waals surface area contributed by atoms with Gasteiger partial charge in [-0.25, -0.2) is 0 Å². The maximum Gasteiger partial charge on any atom is 0.333 e. The number of aromatic nitrogens is 3. The number of hydrogen-bond donors (Lipinski definition) is 0. The third kappa shape index (κ3) is 5.75. The molecule has 0 spiro atoms. The lowest BCUT2D eigenvalue weighted by atomic mass is 9.45. The predicted molar refractivity (Wildman–Crippen MR) is 308 cm³/mol. The van der Waals surface area contributed by atoms with Crippen molar-refractivity contribution in [3.63, 3.8) is 0 Å². The molecule has 0 fully saturated rings. The molecule has 2 aliphatic heterocycles. The van der Waals surface area contributed by atoms with Crippen molar-refractivity contribution in [1.82, 2.24) is 13.6 Å². The van der Waals surface area contributed by atoms with Crippen LogP contribution in [-0.2, 0) is 10.8 Å². The Balaban J connectivity index is 1.15. The number of fused-ring (bicyclic) bond motifs is 14. The van der Waals surface area contributed by atoms with E-state index < -0.39 is 0 Å². The van der Waals surface area contributed by atoms with Crippen LogP contribution in [0.4, 0.5) is 0 Å². The van der Waals surface area contributed by atoms with Crippen molar-refractivity contribution < 1.29 is 0 Å². The Morgan fingerprint density at radius 1 is 0.347 bits per heavy atom. The average Bonchev–Trinajstić information content (AvgIpc) is 4.05. The molecule has 0 saturated heterocycles. The quantitative estimate of drug-likeness (QED) is 0.156. The Morgan fingerprint density at radius 3 is 1.51 bits per heavy atom. The summed E-state index contributed by atoms with van der Waals surface area (Å²) >= 11 is 0. The molecule has 0 saturated carbocycles. The van der Waals surface area contributed by atoms with Gasteiger partial charge in [0.2, 0.25) is 0 Å². The SMILES string of the molecule is CC(C)(C)c1cc(-n2c3ccccc3c3cc4c5c(c6ccccc6n5-c5cc(-c6ccccc6)cc6c5B4n4c5ccc(-c7ccccc7)cc5c5cc(-c7ccccc7)cc-6c54)c32)cc(C(C)(C)C)c1. The van der Waals surface area contributed by atoms with Crippen LogP contribution in [-0.4, -0.2) is 20.5 Å². The Morgan fingerprint density at radius 2 is 0.875 bits per heavy atom. The van der Waals surface area contributed by atoms with E-state index >= 15 is 0 Å². The zero-order chi connectivity index (χ0) is 48.4. The third-order valence-corrected chi connectivity index (χ3v) is 16.2. The summed E-state index contributed by atoms with van der Waals surface area (Å²) in [6.45, 7) is 14.0. The molecular weight excluding hydrogens is 870 g/mol. The number of rotatable bonds is 4. The Labute approximate surface area is 420 Å². The molecule has 10 aromatic carbocycles. The third-order valence-electron chi connectivity index (χ3n) is 16.2. The van der Waals surface area contributed by atoms with Gasteiger partial charge in [-0.05, 0) is 132 Å². The maximum atomic E-state index is 2.74. The topological polar surface area (TPSA) is 14.8 Å². The molecule has 3 nitrogen and oxygen atoms in total. The molecule has 0 N–H and O–H groups in total. The van der Waals surface area contributed by atoms with Crippen LogP contribution in [0.1, 0.15) is 52.7 Å². The second kappa shape index (κ2) is 14.6. The molecule has 13 aromatic rings. The van der Waals surface area contributed by atoms with Crippen molar-refractivity contribution in [3.8, 4) is 55.9 Å². The van der Waals surface area contributed by atoms with Crippen LogP contribution in [0, 0.1) is 0 Å². The number of hydrogen-bond acceptors (Lipinski definition) is 0. The minimum absolute atomic E-state index is 0.0438. The van der Waals surface area contributed by atoms with Crippen molar-refractivity contribution in [2.24, 2.45) is 0 Å². The standard InChI is InChI=1S/C68H52BN3/c1-67(2,3)47-37-48(68(4,5)6)39-49(38-47)70-58-28-18-16-26-50(58)56-40-57-66-62(65(56)70)51-27-17-19-29-59(51)71(66)61-36-46(43-24-14-9-15-25-43)33-53-55-35-45(42-22-12-8-13-23-42)34-54-52-32-44(41-20-10-7-11-21-41)30-31-60(52)72(64(54)55)69(57)63(53)61/h7-40H,1-6H3. The van der Waals surface area contributed by atoms with Gasteiger partial charge in [0.15, 0.2) is 0 Å². The maximum absolute atomic E-state index is 2.74. The molecule has 2 aliphatic rings. The van der Waals surface area contributed by atoms with Gasteiger partial charge in [0.1, 0.15) is 0 Å². The molecule has 3 aromatic heterocycles. The van der Waals surface area contributed by atoms with Gasteiger partial charge in [-0.3, -0.25) is 0 Å². The summed E-state index contributed by atoms with van der Waals surface area (Å²) in [6.07, 6.45) is 0.